The van der Waals surface area contributed by atoms with Crippen LogP contribution in [-0.2, 0) is 22.6 Å². The molecule has 1 aromatic carbocycles. The second kappa shape index (κ2) is 6.24. The van der Waals surface area contributed by atoms with Gasteiger partial charge in [0.15, 0.2) is 0 Å². The van der Waals surface area contributed by atoms with Gasteiger partial charge in [-0.3, -0.25) is 4.79 Å². The number of ether oxygens (including phenoxy) is 1. The lowest BCUT2D eigenvalue weighted by Gasteiger charge is -2.17. The molecule has 0 radical (unpaired) electrons. The maximum atomic E-state index is 11.7. The van der Waals surface area contributed by atoms with Gasteiger partial charge in [-0.15, -0.1) is 11.3 Å². The third-order valence-electron chi connectivity index (χ3n) is 4.84. The van der Waals surface area contributed by atoms with E-state index in [1.54, 1.807) is 24.5 Å². The highest BCUT2D eigenvalue weighted by molar-refractivity contribution is 7.18. The zero-order chi connectivity index (χ0) is 17.6. The number of thiophene rings is 1. The van der Waals surface area contributed by atoms with Crippen LogP contribution in [0.3, 0.4) is 0 Å². The van der Waals surface area contributed by atoms with E-state index >= 15 is 0 Å². The molecule has 0 spiro atoms. The van der Waals surface area contributed by atoms with Gasteiger partial charge in [-0.2, -0.15) is 0 Å². The van der Waals surface area contributed by atoms with Crippen LogP contribution >= 0.6 is 11.3 Å². The van der Waals surface area contributed by atoms with Gasteiger partial charge >= 0.3 is 5.97 Å². The Bertz CT molecular complexity index is 959. The Hall–Kier alpha value is -2.24. The fraction of sp³-hybridized carbons (Fsp3) is 0.300. The molecule has 3 aromatic rings. The van der Waals surface area contributed by atoms with Crippen molar-refractivity contribution in [3.63, 3.8) is 0 Å². The first-order valence-corrected chi connectivity index (χ1v) is 9.18. The van der Waals surface area contributed by atoms with Crippen LogP contribution in [0.15, 0.2) is 30.5 Å². The standard InChI is InChI=1S/C20H19NO3S/c1-11-3-5-13(6-4-11)17-15(12(2)20(22)23)9-21-19-18(17)14-7-8-24-10-16(14)25-19/h3-6,9,12H,7-8,10H2,1-2H3,(H,22,23). The number of hydrogen-bond acceptors (Lipinski definition) is 4. The van der Waals surface area contributed by atoms with Crippen molar-refractivity contribution in [2.75, 3.05) is 6.61 Å². The Morgan fingerprint density at radius 2 is 2.08 bits per heavy atom. The summed E-state index contributed by atoms with van der Waals surface area (Å²) in [4.78, 5) is 18.4. The van der Waals surface area contributed by atoms with Crippen molar-refractivity contribution >= 4 is 27.5 Å². The summed E-state index contributed by atoms with van der Waals surface area (Å²) in [6, 6.07) is 8.29. The van der Waals surface area contributed by atoms with Gasteiger partial charge in [0.25, 0.3) is 0 Å². The van der Waals surface area contributed by atoms with Crippen LogP contribution in [0, 0.1) is 6.92 Å². The minimum Gasteiger partial charge on any atom is -0.481 e. The summed E-state index contributed by atoms with van der Waals surface area (Å²) < 4.78 is 5.59. The van der Waals surface area contributed by atoms with E-state index in [0.717, 1.165) is 33.3 Å². The molecular weight excluding hydrogens is 334 g/mol. The molecular formula is C20H19NO3S. The van der Waals surface area contributed by atoms with E-state index in [0.29, 0.717) is 13.2 Å². The van der Waals surface area contributed by atoms with E-state index in [-0.39, 0.29) is 0 Å². The summed E-state index contributed by atoms with van der Waals surface area (Å²) >= 11 is 1.66. The quantitative estimate of drug-likeness (QED) is 0.751. The monoisotopic (exact) mass is 353 g/mol. The molecule has 0 saturated heterocycles. The number of nitrogens with zero attached hydrogens (tertiary/aromatic N) is 1. The predicted molar refractivity (Wildman–Crippen MR) is 99.2 cm³/mol. The smallest absolute Gasteiger partial charge is 0.310 e. The first kappa shape index (κ1) is 16.2. The van der Waals surface area contributed by atoms with Crippen molar-refractivity contribution in [3.8, 4) is 11.1 Å². The largest absolute Gasteiger partial charge is 0.481 e. The van der Waals surface area contributed by atoms with Crippen molar-refractivity contribution in [2.24, 2.45) is 0 Å². The molecule has 0 saturated carbocycles. The first-order chi connectivity index (χ1) is 12.1. The van der Waals surface area contributed by atoms with Crippen LogP contribution in [0.5, 0.6) is 0 Å². The second-order valence-electron chi connectivity index (χ2n) is 6.50. The second-order valence-corrected chi connectivity index (χ2v) is 7.58. The van der Waals surface area contributed by atoms with Crippen molar-refractivity contribution in [3.05, 3.63) is 52.0 Å². The van der Waals surface area contributed by atoms with E-state index in [9.17, 15) is 9.90 Å². The number of aromatic nitrogens is 1. The lowest BCUT2D eigenvalue weighted by atomic mass is 9.89. The summed E-state index contributed by atoms with van der Waals surface area (Å²) in [7, 11) is 0. The Morgan fingerprint density at radius 3 is 2.80 bits per heavy atom. The van der Waals surface area contributed by atoms with Gasteiger partial charge in [0.05, 0.1) is 19.1 Å². The number of benzene rings is 1. The van der Waals surface area contributed by atoms with Crippen LogP contribution < -0.4 is 0 Å². The normalized spacial score (nSPS) is 15.1. The molecule has 3 heterocycles. The number of hydrogen-bond donors (Lipinski definition) is 1. The molecule has 1 aliphatic rings. The number of pyridine rings is 1. The van der Waals surface area contributed by atoms with Crippen molar-refractivity contribution in [1.82, 2.24) is 4.98 Å². The van der Waals surface area contributed by atoms with Crippen LogP contribution in [0.2, 0.25) is 0 Å². The molecule has 25 heavy (non-hydrogen) atoms. The molecule has 5 heteroatoms. The number of carboxylic acids is 1. The minimum atomic E-state index is -0.832. The number of rotatable bonds is 3. The minimum absolute atomic E-state index is 0.608. The van der Waals surface area contributed by atoms with Crippen LogP contribution in [0.4, 0.5) is 0 Å². The third-order valence-corrected chi connectivity index (χ3v) is 5.95. The molecule has 0 aliphatic carbocycles. The molecule has 128 valence electrons. The zero-order valence-corrected chi connectivity index (χ0v) is 15.0. The molecule has 0 fully saturated rings. The molecule has 1 N–H and O–H groups in total. The van der Waals surface area contributed by atoms with Gasteiger partial charge in [0.2, 0.25) is 0 Å². The first-order valence-electron chi connectivity index (χ1n) is 8.37. The summed E-state index contributed by atoms with van der Waals surface area (Å²) in [6.45, 7) is 5.10. The molecule has 1 unspecified atom stereocenters. The lowest BCUT2D eigenvalue weighted by Crippen LogP contribution is -2.10. The number of carbonyl (C=O) groups is 1. The maximum absolute atomic E-state index is 11.7. The molecule has 2 aromatic heterocycles. The van der Waals surface area contributed by atoms with Gasteiger partial charge in [-0.1, -0.05) is 29.8 Å². The summed E-state index contributed by atoms with van der Waals surface area (Å²) in [6.07, 6.45) is 2.58. The number of aryl methyl sites for hydroxylation is 1. The highest BCUT2D eigenvalue weighted by Crippen LogP contribution is 2.42. The molecule has 4 rings (SSSR count). The lowest BCUT2D eigenvalue weighted by molar-refractivity contribution is -0.138. The summed E-state index contributed by atoms with van der Waals surface area (Å²) in [5.74, 6) is -1.44. The fourth-order valence-electron chi connectivity index (χ4n) is 3.40. The highest BCUT2D eigenvalue weighted by atomic mass is 32.1. The maximum Gasteiger partial charge on any atom is 0.310 e. The van der Waals surface area contributed by atoms with Gasteiger partial charge in [0.1, 0.15) is 4.83 Å². The highest BCUT2D eigenvalue weighted by Gasteiger charge is 2.26. The van der Waals surface area contributed by atoms with E-state index in [1.165, 1.54) is 16.0 Å². The van der Waals surface area contributed by atoms with Crippen LogP contribution in [0.1, 0.15) is 34.4 Å². The van der Waals surface area contributed by atoms with E-state index in [1.807, 2.05) is 0 Å². The molecule has 0 amide bonds. The van der Waals surface area contributed by atoms with Gasteiger partial charge < -0.3 is 9.84 Å². The third kappa shape index (κ3) is 2.73. The average Bonchev–Trinajstić information content (AvgIpc) is 2.99. The summed E-state index contributed by atoms with van der Waals surface area (Å²) in [5, 5.41) is 10.7. The van der Waals surface area contributed by atoms with E-state index in [2.05, 4.69) is 36.2 Å². The van der Waals surface area contributed by atoms with E-state index in [4.69, 9.17) is 4.74 Å². The Balaban J connectivity index is 2.06. The van der Waals surface area contributed by atoms with Crippen molar-refractivity contribution in [2.45, 2.75) is 32.8 Å². The van der Waals surface area contributed by atoms with Crippen molar-refractivity contribution < 1.29 is 14.6 Å². The van der Waals surface area contributed by atoms with E-state index < -0.39 is 11.9 Å². The predicted octanol–water partition coefficient (Wildman–Crippen LogP) is 4.53. The molecule has 1 atom stereocenters. The van der Waals surface area contributed by atoms with Gasteiger partial charge in [-0.25, -0.2) is 4.98 Å². The van der Waals surface area contributed by atoms with Crippen molar-refractivity contribution in [1.29, 1.82) is 0 Å². The van der Waals surface area contributed by atoms with Crippen LogP contribution in [0.25, 0.3) is 21.3 Å². The molecule has 1 aliphatic heterocycles. The Morgan fingerprint density at radius 1 is 1.32 bits per heavy atom. The zero-order valence-electron chi connectivity index (χ0n) is 14.2. The Labute approximate surface area is 150 Å². The molecule has 4 nitrogen and oxygen atoms in total. The van der Waals surface area contributed by atoms with Gasteiger partial charge in [0, 0.05) is 16.5 Å². The summed E-state index contributed by atoms with van der Waals surface area (Å²) in [5.41, 5.74) is 5.29. The average molecular weight is 353 g/mol. The fourth-order valence-corrected chi connectivity index (χ4v) is 4.53. The molecule has 0 bridgehead atoms. The topological polar surface area (TPSA) is 59.4 Å². The van der Waals surface area contributed by atoms with Crippen LogP contribution in [-0.4, -0.2) is 22.7 Å². The SMILES string of the molecule is Cc1ccc(-c2c(C(C)C(=O)O)cnc3sc4c(c23)CCOC4)cc1. The number of aliphatic carboxylic acids is 1. The number of carboxylic acid groups (broad SMARTS) is 1. The number of fused-ring (bicyclic) bond motifs is 3. The van der Waals surface area contributed by atoms with Gasteiger partial charge in [-0.05, 0) is 42.5 Å². The Kier molecular flexibility index (Phi) is 4.06.